The van der Waals surface area contributed by atoms with Crippen LogP contribution in [-0.2, 0) is 11.3 Å². The summed E-state index contributed by atoms with van der Waals surface area (Å²) in [4.78, 5) is 26.3. The van der Waals surface area contributed by atoms with E-state index in [2.05, 4.69) is 31.4 Å². The van der Waals surface area contributed by atoms with Crippen molar-refractivity contribution in [2.24, 2.45) is 5.10 Å². The monoisotopic (exact) mass is 688 g/mol. The molecule has 13 heteroatoms. The predicted molar refractivity (Wildman–Crippen MR) is 170 cm³/mol. The first-order valence-electron chi connectivity index (χ1n) is 13.8. The molecule has 1 atom stereocenters. The van der Waals surface area contributed by atoms with Gasteiger partial charge in [-0.2, -0.15) is 5.10 Å². The lowest BCUT2D eigenvalue weighted by Gasteiger charge is -2.22. The van der Waals surface area contributed by atoms with Gasteiger partial charge in [0, 0.05) is 16.6 Å². The van der Waals surface area contributed by atoms with Crippen molar-refractivity contribution in [1.82, 2.24) is 25.1 Å². The highest BCUT2D eigenvalue weighted by molar-refractivity contribution is 9.10. The van der Waals surface area contributed by atoms with Crippen LogP contribution in [0.1, 0.15) is 40.0 Å². The van der Waals surface area contributed by atoms with Gasteiger partial charge in [-0.15, -0.1) is 10.2 Å². The summed E-state index contributed by atoms with van der Waals surface area (Å²) >= 11 is 4.65. The minimum atomic E-state index is -0.420. The van der Waals surface area contributed by atoms with Gasteiger partial charge in [-0.1, -0.05) is 52.0 Å². The lowest BCUT2D eigenvalue weighted by atomic mass is 9.98. The highest BCUT2D eigenvalue weighted by Crippen LogP contribution is 2.35. The van der Waals surface area contributed by atoms with Crippen LogP contribution in [0.5, 0.6) is 5.75 Å². The molecule has 2 amide bonds. The molecule has 0 saturated carbocycles. The van der Waals surface area contributed by atoms with Crippen LogP contribution in [0.2, 0.25) is 0 Å². The molecule has 0 radical (unpaired) electrons. The SMILES string of the molecule is COc1ccc(C2CC(c3ccc(Br)cc3)=NN2C(=O)CSc2nnc(CNC(=O)c3ccco3)n2-c2ccc(F)cc2)cc1. The van der Waals surface area contributed by atoms with E-state index in [1.807, 2.05) is 48.5 Å². The van der Waals surface area contributed by atoms with Crippen LogP contribution < -0.4 is 10.1 Å². The second kappa shape index (κ2) is 13.5. The third kappa shape index (κ3) is 6.84. The van der Waals surface area contributed by atoms with Crippen molar-refractivity contribution in [3.05, 3.63) is 124 Å². The fraction of sp³-hybridized carbons (Fsp3) is 0.156. The van der Waals surface area contributed by atoms with E-state index in [4.69, 9.17) is 14.3 Å². The van der Waals surface area contributed by atoms with Gasteiger partial charge < -0.3 is 14.5 Å². The highest BCUT2D eigenvalue weighted by Gasteiger charge is 2.33. The first-order valence-corrected chi connectivity index (χ1v) is 15.6. The lowest BCUT2D eigenvalue weighted by Crippen LogP contribution is -2.28. The largest absolute Gasteiger partial charge is 0.497 e. The minimum Gasteiger partial charge on any atom is -0.497 e. The Labute approximate surface area is 270 Å². The Kier molecular flexibility index (Phi) is 9.08. The molecule has 1 aliphatic rings. The van der Waals surface area contributed by atoms with Crippen molar-refractivity contribution in [3.8, 4) is 11.4 Å². The van der Waals surface area contributed by atoms with E-state index >= 15 is 0 Å². The maximum absolute atomic E-state index is 13.8. The second-order valence-corrected chi connectivity index (χ2v) is 11.8. The topological polar surface area (TPSA) is 115 Å². The van der Waals surface area contributed by atoms with Gasteiger partial charge in [0.25, 0.3) is 11.8 Å². The van der Waals surface area contributed by atoms with E-state index < -0.39 is 11.7 Å². The second-order valence-electron chi connectivity index (χ2n) is 9.94. The zero-order valence-corrected chi connectivity index (χ0v) is 26.3. The van der Waals surface area contributed by atoms with Crippen molar-refractivity contribution in [3.63, 3.8) is 0 Å². The molecule has 3 aromatic carbocycles. The molecular formula is C32H26BrFN6O4S. The van der Waals surface area contributed by atoms with Gasteiger partial charge >= 0.3 is 0 Å². The van der Waals surface area contributed by atoms with E-state index in [-0.39, 0.29) is 30.0 Å². The Morgan fingerprint density at radius 3 is 2.49 bits per heavy atom. The van der Waals surface area contributed by atoms with Gasteiger partial charge in [0.15, 0.2) is 16.7 Å². The number of nitrogens with zero attached hydrogens (tertiary/aromatic N) is 5. The van der Waals surface area contributed by atoms with Crippen LogP contribution in [0.4, 0.5) is 4.39 Å². The molecule has 1 unspecified atom stereocenters. The molecule has 6 rings (SSSR count). The molecule has 228 valence electrons. The van der Waals surface area contributed by atoms with Crippen LogP contribution in [0.3, 0.4) is 0 Å². The van der Waals surface area contributed by atoms with Gasteiger partial charge in [-0.25, -0.2) is 9.40 Å². The Balaban J connectivity index is 1.25. The fourth-order valence-electron chi connectivity index (χ4n) is 4.85. The van der Waals surface area contributed by atoms with Gasteiger partial charge in [-0.3, -0.25) is 14.2 Å². The van der Waals surface area contributed by atoms with Crippen LogP contribution in [0.15, 0.2) is 110 Å². The zero-order valence-electron chi connectivity index (χ0n) is 23.9. The molecule has 45 heavy (non-hydrogen) atoms. The van der Waals surface area contributed by atoms with Gasteiger partial charge in [0.05, 0.1) is 37.4 Å². The maximum Gasteiger partial charge on any atom is 0.287 e. The average molecular weight is 690 g/mol. The Morgan fingerprint density at radius 1 is 1.04 bits per heavy atom. The number of carbonyl (C=O) groups is 2. The number of halogens is 2. The number of amides is 2. The van der Waals surface area contributed by atoms with Gasteiger partial charge in [0.2, 0.25) is 0 Å². The predicted octanol–water partition coefficient (Wildman–Crippen LogP) is 6.17. The van der Waals surface area contributed by atoms with E-state index in [0.717, 1.165) is 27.1 Å². The number of hydrazone groups is 1. The molecule has 1 aliphatic heterocycles. The summed E-state index contributed by atoms with van der Waals surface area (Å²) in [7, 11) is 1.61. The van der Waals surface area contributed by atoms with Crippen LogP contribution in [-0.4, -0.2) is 50.2 Å². The van der Waals surface area contributed by atoms with E-state index in [9.17, 15) is 14.0 Å². The van der Waals surface area contributed by atoms with Crippen LogP contribution >= 0.6 is 27.7 Å². The number of ether oxygens (including phenoxy) is 1. The van der Waals surface area contributed by atoms with Crippen molar-refractivity contribution in [2.75, 3.05) is 12.9 Å². The molecule has 3 heterocycles. The summed E-state index contributed by atoms with van der Waals surface area (Å²) in [5.74, 6) is 0.220. The molecule has 0 fully saturated rings. The zero-order chi connectivity index (χ0) is 31.3. The number of methoxy groups -OCH3 is 1. The first-order chi connectivity index (χ1) is 21.9. The minimum absolute atomic E-state index is 0.00184. The van der Waals surface area contributed by atoms with Crippen molar-refractivity contribution in [1.29, 1.82) is 0 Å². The molecule has 10 nitrogen and oxygen atoms in total. The summed E-state index contributed by atoms with van der Waals surface area (Å²) in [5.41, 5.74) is 3.23. The maximum atomic E-state index is 13.8. The van der Waals surface area contributed by atoms with Crippen molar-refractivity contribution >= 4 is 45.2 Å². The highest BCUT2D eigenvalue weighted by atomic mass is 79.9. The summed E-state index contributed by atoms with van der Waals surface area (Å²) in [6, 6.07) is 24.1. The van der Waals surface area contributed by atoms with E-state index in [1.54, 1.807) is 35.9 Å². The number of hydrogen-bond donors (Lipinski definition) is 1. The quantitative estimate of drug-likeness (QED) is 0.175. The fourth-order valence-corrected chi connectivity index (χ4v) is 5.93. The smallest absolute Gasteiger partial charge is 0.287 e. The normalized spacial score (nSPS) is 14.3. The van der Waals surface area contributed by atoms with Gasteiger partial charge in [0.1, 0.15) is 11.6 Å². The first kappa shape index (κ1) is 30.3. The number of hydrogen-bond acceptors (Lipinski definition) is 8. The Morgan fingerprint density at radius 2 is 1.80 bits per heavy atom. The number of benzene rings is 3. The molecule has 5 aromatic rings. The standard InChI is InChI=1S/C32H26BrFN6O4S/c1-43-25-14-6-21(7-15-25)27-17-26(20-4-8-22(33)9-5-20)38-40(27)30(41)19-45-32-37-36-29(18-35-31(42)28-3-2-16-44-28)39(32)24-12-10-23(34)11-13-24/h2-16,27H,17-19H2,1H3,(H,35,42). The van der Waals surface area contributed by atoms with Crippen LogP contribution in [0.25, 0.3) is 5.69 Å². The third-order valence-corrected chi connectivity index (χ3v) is 8.55. The molecular weight excluding hydrogens is 663 g/mol. The van der Waals surface area contributed by atoms with Crippen molar-refractivity contribution < 1.29 is 23.1 Å². The summed E-state index contributed by atoms with van der Waals surface area (Å²) in [5, 5.41) is 18.0. The number of aromatic nitrogens is 3. The number of nitrogens with one attached hydrogen (secondary N) is 1. The lowest BCUT2D eigenvalue weighted by molar-refractivity contribution is -0.130. The molecule has 0 bridgehead atoms. The summed E-state index contributed by atoms with van der Waals surface area (Å²) in [6.45, 7) is 0.0188. The van der Waals surface area contributed by atoms with E-state index in [0.29, 0.717) is 23.1 Å². The summed E-state index contributed by atoms with van der Waals surface area (Å²) in [6.07, 6.45) is 1.95. The number of furan rings is 1. The molecule has 0 saturated heterocycles. The molecule has 2 aromatic heterocycles. The van der Waals surface area contributed by atoms with Gasteiger partial charge in [-0.05, 0) is 71.8 Å². The summed E-state index contributed by atoms with van der Waals surface area (Å²) < 4.78 is 26.9. The Hall–Kier alpha value is -4.75. The number of carbonyl (C=O) groups excluding carboxylic acids is 2. The molecule has 0 spiro atoms. The number of thioether (sulfide) groups is 1. The molecule has 0 aliphatic carbocycles. The average Bonchev–Trinajstić information content (AvgIpc) is 3.84. The number of rotatable bonds is 10. The molecule has 1 N–H and O–H groups in total. The third-order valence-electron chi connectivity index (χ3n) is 7.11. The van der Waals surface area contributed by atoms with Crippen molar-refractivity contribution in [2.45, 2.75) is 24.2 Å². The Bertz CT molecular complexity index is 1830. The van der Waals surface area contributed by atoms with E-state index in [1.165, 1.54) is 35.2 Å². The van der Waals surface area contributed by atoms with Crippen LogP contribution in [0, 0.1) is 5.82 Å².